The number of esters is 1. The van der Waals surface area contributed by atoms with Crippen LogP contribution in [0.2, 0.25) is 5.02 Å². The number of carbonyl (C=O) groups is 2. The van der Waals surface area contributed by atoms with Crippen molar-refractivity contribution in [2.75, 3.05) is 0 Å². The third kappa shape index (κ3) is 3.91. The van der Waals surface area contributed by atoms with Gasteiger partial charge in [0.1, 0.15) is 40.3 Å². The third-order valence-electron chi connectivity index (χ3n) is 6.51. The first kappa shape index (κ1) is 23.6. The number of hydrogen-bond donors (Lipinski definition) is 2. The Morgan fingerprint density at radius 3 is 2.37 bits per heavy atom. The van der Waals surface area contributed by atoms with Gasteiger partial charge in [-0.25, -0.2) is 4.79 Å². The van der Waals surface area contributed by atoms with E-state index in [0.29, 0.717) is 33.2 Å². The van der Waals surface area contributed by atoms with Crippen LogP contribution in [-0.4, -0.2) is 22.2 Å². The fourth-order valence-corrected chi connectivity index (χ4v) is 4.80. The lowest BCUT2D eigenvalue weighted by atomic mass is 9.88. The number of phenols is 1. The van der Waals surface area contributed by atoms with Crippen LogP contribution >= 0.6 is 11.6 Å². The van der Waals surface area contributed by atoms with Gasteiger partial charge in [0.15, 0.2) is 0 Å². The minimum absolute atomic E-state index is 0.0461. The van der Waals surface area contributed by atoms with Gasteiger partial charge < -0.3 is 23.8 Å². The van der Waals surface area contributed by atoms with E-state index in [2.05, 4.69) is 0 Å². The molecule has 0 bridgehead atoms. The second kappa shape index (κ2) is 8.93. The minimum atomic E-state index is -1.04. The summed E-state index contributed by atoms with van der Waals surface area (Å²) in [4.78, 5) is 37.1. The molecule has 6 rings (SSSR count). The second-order valence-corrected chi connectivity index (χ2v) is 9.25. The normalized spacial score (nSPS) is 14.8. The number of furan rings is 1. The molecule has 9 heteroatoms. The number of fused-ring (bicyclic) bond motifs is 3. The zero-order chi connectivity index (χ0) is 26.6. The SMILES string of the molecule is O=C1CC(c2ccc(-c3ccc(C(=O)O)cc3)o2)c2c(cc(O)c3c(=O)c(-c4ccc(Cl)cc4)coc23)O1. The molecule has 0 saturated heterocycles. The first-order valence-corrected chi connectivity index (χ1v) is 11.9. The zero-order valence-electron chi connectivity index (χ0n) is 19.4. The standard InChI is InChI=1S/C29H17ClO8/c30-17-7-5-14(6-8-17)19-13-36-28-25-18(11-24(32)38-23(25)12-20(31)26(28)27(19)33)22-10-9-21(37-22)15-1-3-16(4-2-15)29(34)35/h1-10,12-13,18,31H,11H2,(H,34,35). The average Bonchev–Trinajstić information content (AvgIpc) is 3.39. The van der Waals surface area contributed by atoms with Crippen molar-refractivity contribution in [2.45, 2.75) is 12.3 Å². The molecule has 1 unspecified atom stereocenters. The zero-order valence-corrected chi connectivity index (χ0v) is 20.2. The number of phenolic OH excluding ortho intramolecular Hbond substituents is 1. The van der Waals surface area contributed by atoms with Gasteiger partial charge in [0, 0.05) is 22.2 Å². The molecule has 0 radical (unpaired) electrons. The summed E-state index contributed by atoms with van der Waals surface area (Å²) in [6, 6.07) is 17.5. The number of aromatic hydroxyl groups is 1. The predicted molar refractivity (Wildman–Crippen MR) is 138 cm³/mol. The van der Waals surface area contributed by atoms with Crippen molar-refractivity contribution in [1.29, 1.82) is 0 Å². The molecule has 1 aliphatic rings. The van der Waals surface area contributed by atoms with Crippen LogP contribution in [0.1, 0.15) is 34.0 Å². The van der Waals surface area contributed by atoms with Crippen molar-refractivity contribution >= 4 is 34.5 Å². The third-order valence-corrected chi connectivity index (χ3v) is 6.76. The Morgan fingerprint density at radius 2 is 1.66 bits per heavy atom. The van der Waals surface area contributed by atoms with E-state index in [1.807, 2.05) is 0 Å². The van der Waals surface area contributed by atoms with Crippen molar-refractivity contribution in [1.82, 2.24) is 0 Å². The molecule has 0 amide bonds. The number of carbonyl (C=O) groups excluding carboxylic acids is 1. The largest absolute Gasteiger partial charge is 0.507 e. The number of ether oxygens (including phenoxy) is 1. The highest BCUT2D eigenvalue weighted by atomic mass is 35.5. The van der Waals surface area contributed by atoms with Gasteiger partial charge >= 0.3 is 11.9 Å². The highest BCUT2D eigenvalue weighted by molar-refractivity contribution is 6.30. The minimum Gasteiger partial charge on any atom is -0.507 e. The maximum atomic E-state index is 13.5. The topological polar surface area (TPSA) is 127 Å². The van der Waals surface area contributed by atoms with Gasteiger partial charge in [-0.05, 0) is 42.0 Å². The van der Waals surface area contributed by atoms with E-state index in [1.54, 1.807) is 48.5 Å². The van der Waals surface area contributed by atoms with Crippen molar-refractivity contribution in [3.63, 3.8) is 0 Å². The molecule has 0 aliphatic carbocycles. The van der Waals surface area contributed by atoms with Crippen molar-refractivity contribution in [3.8, 4) is 33.9 Å². The molecular weight excluding hydrogens is 512 g/mol. The molecule has 1 atom stereocenters. The van der Waals surface area contributed by atoms with Gasteiger partial charge in [-0.2, -0.15) is 0 Å². The lowest BCUT2D eigenvalue weighted by Gasteiger charge is -2.24. The average molecular weight is 529 g/mol. The van der Waals surface area contributed by atoms with Crippen molar-refractivity contribution in [2.24, 2.45) is 0 Å². The Bertz CT molecular complexity index is 1800. The molecule has 2 N–H and O–H groups in total. The number of rotatable bonds is 4. The quantitative estimate of drug-likeness (QED) is 0.208. The first-order chi connectivity index (χ1) is 18.3. The first-order valence-electron chi connectivity index (χ1n) is 11.5. The number of hydrogen-bond acceptors (Lipinski definition) is 7. The molecule has 38 heavy (non-hydrogen) atoms. The Morgan fingerprint density at radius 1 is 0.947 bits per heavy atom. The van der Waals surface area contributed by atoms with Crippen LogP contribution in [0.25, 0.3) is 33.4 Å². The van der Waals surface area contributed by atoms with Crippen LogP contribution in [0.3, 0.4) is 0 Å². The van der Waals surface area contributed by atoms with Crippen LogP contribution in [0.4, 0.5) is 0 Å². The molecule has 5 aromatic rings. The number of benzene rings is 3. The summed E-state index contributed by atoms with van der Waals surface area (Å²) in [5, 5.41) is 20.3. The molecule has 1 aliphatic heterocycles. The van der Waals surface area contributed by atoms with E-state index < -0.39 is 23.3 Å². The summed E-state index contributed by atoms with van der Waals surface area (Å²) in [5.41, 5.74) is 1.62. The lowest BCUT2D eigenvalue weighted by molar-refractivity contribution is -0.135. The summed E-state index contributed by atoms with van der Waals surface area (Å²) in [5.74, 6) is -1.66. The summed E-state index contributed by atoms with van der Waals surface area (Å²) >= 11 is 5.97. The number of carboxylic acids is 1. The monoisotopic (exact) mass is 528 g/mol. The molecule has 0 saturated carbocycles. The Hall–Kier alpha value is -4.82. The van der Waals surface area contributed by atoms with E-state index in [4.69, 9.17) is 30.3 Å². The van der Waals surface area contributed by atoms with E-state index in [-0.39, 0.29) is 40.0 Å². The fraction of sp³-hybridized carbons (Fsp3) is 0.0690. The molecule has 8 nitrogen and oxygen atoms in total. The second-order valence-electron chi connectivity index (χ2n) is 8.81. The Balaban J connectivity index is 1.48. The Kier molecular flexibility index (Phi) is 5.54. The number of halogens is 1. The van der Waals surface area contributed by atoms with Crippen LogP contribution < -0.4 is 10.2 Å². The van der Waals surface area contributed by atoms with Gasteiger partial charge in [0.2, 0.25) is 5.43 Å². The van der Waals surface area contributed by atoms with E-state index in [9.17, 15) is 19.5 Å². The maximum Gasteiger partial charge on any atom is 0.335 e. The smallest absolute Gasteiger partial charge is 0.335 e. The molecule has 188 valence electrons. The number of carboxylic acid groups (broad SMARTS) is 1. The molecule has 0 fully saturated rings. The van der Waals surface area contributed by atoms with E-state index in [1.165, 1.54) is 24.5 Å². The van der Waals surface area contributed by atoms with Gasteiger partial charge in [0.05, 0.1) is 23.5 Å². The maximum absolute atomic E-state index is 13.5. The van der Waals surface area contributed by atoms with E-state index >= 15 is 0 Å². The van der Waals surface area contributed by atoms with Gasteiger partial charge in [0.25, 0.3) is 0 Å². The fourth-order valence-electron chi connectivity index (χ4n) is 4.68. The highest BCUT2D eigenvalue weighted by Gasteiger charge is 2.35. The van der Waals surface area contributed by atoms with E-state index in [0.717, 1.165) is 0 Å². The summed E-state index contributed by atoms with van der Waals surface area (Å²) in [6.07, 6.45) is 1.22. The van der Waals surface area contributed by atoms with Crippen LogP contribution in [-0.2, 0) is 4.79 Å². The molecule has 0 spiro atoms. The lowest BCUT2D eigenvalue weighted by Crippen LogP contribution is -2.21. The molecule has 3 aromatic carbocycles. The predicted octanol–water partition coefficient (Wildman–Crippen LogP) is 6.22. The summed E-state index contributed by atoms with van der Waals surface area (Å²) < 4.78 is 17.4. The van der Waals surface area contributed by atoms with Crippen LogP contribution in [0, 0.1) is 0 Å². The molecule has 3 heterocycles. The Labute approximate surface area is 219 Å². The summed E-state index contributed by atoms with van der Waals surface area (Å²) in [7, 11) is 0. The van der Waals surface area contributed by atoms with Crippen molar-refractivity contribution in [3.05, 3.63) is 105 Å². The highest BCUT2D eigenvalue weighted by Crippen LogP contribution is 2.46. The summed E-state index contributed by atoms with van der Waals surface area (Å²) in [6.45, 7) is 0. The number of aromatic carboxylic acids is 1. The van der Waals surface area contributed by atoms with Crippen LogP contribution in [0.15, 0.2) is 86.6 Å². The van der Waals surface area contributed by atoms with Crippen molar-refractivity contribution < 1.29 is 33.4 Å². The molecular formula is C29H17ClO8. The van der Waals surface area contributed by atoms with Gasteiger partial charge in [-0.1, -0.05) is 35.9 Å². The van der Waals surface area contributed by atoms with Crippen LogP contribution in [0.5, 0.6) is 11.5 Å². The molecule has 2 aromatic heterocycles. The van der Waals surface area contributed by atoms with Gasteiger partial charge in [-0.15, -0.1) is 0 Å². The van der Waals surface area contributed by atoms with Gasteiger partial charge in [-0.3, -0.25) is 9.59 Å².